The van der Waals surface area contributed by atoms with Gasteiger partial charge in [-0.25, -0.2) is 18.1 Å². The zero-order valence-electron chi connectivity index (χ0n) is 18.7. The van der Waals surface area contributed by atoms with E-state index < -0.39 is 10.0 Å². The molecule has 2 saturated carbocycles. The van der Waals surface area contributed by atoms with Gasteiger partial charge in [-0.3, -0.25) is 0 Å². The van der Waals surface area contributed by atoms with Crippen LogP contribution in [-0.4, -0.2) is 25.5 Å². The van der Waals surface area contributed by atoms with E-state index in [1.807, 2.05) is 32.0 Å². The van der Waals surface area contributed by atoms with Gasteiger partial charge in [-0.05, 0) is 56.7 Å². The van der Waals surface area contributed by atoms with Crippen molar-refractivity contribution in [3.05, 3.63) is 29.5 Å². The van der Waals surface area contributed by atoms with Crippen molar-refractivity contribution in [3.63, 3.8) is 0 Å². The Labute approximate surface area is 191 Å². The minimum absolute atomic E-state index is 0.0481. The first kappa shape index (κ1) is 22.7. The second kappa shape index (κ2) is 10.0. The van der Waals surface area contributed by atoms with E-state index in [0.29, 0.717) is 10.9 Å². The van der Waals surface area contributed by atoms with Crippen LogP contribution in [0.2, 0.25) is 0 Å². The molecule has 1 aromatic carbocycles. The van der Waals surface area contributed by atoms with E-state index >= 15 is 0 Å². The lowest BCUT2D eigenvalue weighted by atomic mass is 9.96. The Kier molecular flexibility index (Phi) is 7.34. The van der Waals surface area contributed by atoms with Crippen LogP contribution < -0.4 is 10.0 Å². The van der Waals surface area contributed by atoms with Crippen LogP contribution in [0, 0.1) is 13.8 Å². The van der Waals surface area contributed by atoms with E-state index in [1.54, 1.807) is 11.3 Å². The quantitative estimate of drug-likeness (QED) is 0.505. The lowest BCUT2D eigenvalue weighted by Gasteiger charge is -2.22. The Morgan fingerprint density at radius 2 is 1.52 bits per heavy atom. The summed E-state index contributed by atoms with van der Waals surface area (Å²) >= 11 is 1.63. The van der Waals surface area contributed by atoms with Gasteiger partial charge in [0.05, 0.1) is 15.5 Å². The second-order valence-corrected chi connectivity index (χ2v) is 11.9. The standard InChI is InChI=1S/C24H35N3O2S2/c1-17-14-15-19(16-22(17)31(28,29)27-21-12-6-3-4-7-13-21)23-18(2)25-24(30-23)26-20-10-8-5-9-11-20/h14-16,20-21,27H,3-13H2,1-2H3,(H,25,26). The first-order valence-electron chi connectivity index (χ1n) is 11.8. The number of aromatic nitrogens is 1. The summed E-state index contributed by atoms with van der Waals surface area (Å²) < 4.78 is 29.5. The SMILES string of the molecule is Cc1ccc(-c2sc(NC3CCCCC3)nc2C)cc1S(=O)(=O)NC1CCCCCC1. The third kappa shape index (κ3) is 5.68. The molecule has 0 aliphatic heterocycles. The highest BCUT2D eigenvalue weighted by Gasteiger charge is 2.24. The van der Waals surface area contributed by atoms with Gasteiger partial charge in [0, 0.05) is 12.1 Å². The van der Waals surface area contributed by atoms with E-state index in [9.17, 15) is 8.42 Å². The van der Waals surface area contributed by atoms with Crippen molar-refractivity contribution >= 4 is 26.5 Å². The molecule has 31 heavy (non-hydrogen) atoms. The summed E-state index contributed by atoms with van der Waals surface area (Å²) in [4.78, 5) is 6.18. The Morgan fingerprint density at radius 1 is 0.903 bits per heavy atom. The number of nitrogens with one attached hydrogen (secondary N) is 2. The molecule has 2 aromatic rings. The molecule has 5 nitrogen and oxygen atoms in total. The highest BCUT2D eigenvalue weighted by molar-refractivity contribution is 7.89. The van der Waals surface area contributed by atoms with Crippen LogP contribution >= 0.6 is 11.3 Å². The predicted octanol–water partition coefficient (Wildman–Crippen LogP) is 6.17. The van der Waals surface area contributed by atoms with Gasteiger partial charge in [-0.2, -0.15) is 0 Å². The first-order valence-corrected chi connectivity index (χ1v) is 14.1. The van der Waals surface area contributed by atoms with Crippen molar-refractivity contribution in [3.8, 4) is 10.4 Å². The zero-order chi connectivity index (χ0) is 21.8. The molecule has 0 saturated heterocycles. The number of hydrogen-bond acceptors (Lipinski definition) is 5. The highest BCUT2D eigenvalue weighted by atomic mass is 32.2. The molecule has 0 amide bonds. The number of sulfonamides is 1. The molecule has 170 valence electrons. The van der Waals surface area contributed by atoms with Crippen LogP contribution in [0.1, 0.15) is 81.9 Å². The molecule has 0 bridgehead atoms. The fourth-order valence-corrected chi connectivity index (χ4v) is 7.47. The number of anilines is 1. The molecule has 7 heteroatoms. The highest BCUT2D eigenvalue weighted by Crippen LogP contribution is 2.36. The van der Waals surface area contributed by atoms with Crippen molar-refractivity contribution in [2.75, 3.05) is 5.32 Å². The fraction of sp³-hybridized carbons (Fsp3) is 0.625. The summed E-state index contributed by atoms with van der Waals surface area (Å²) in [5.74, 6) is 0. The van der Waals surface area contributed by atoms with E-state index in [2.05, 4.69) is 10.0 Å². The minimum Gasteiger partial charge on any atom is -0.359 e. The Bertz CT molecular complexity index is 986. The molecule has 2 fully saturated rings. The van der Waals surface area contributed by atoms with Crippen LogP contribution in [0.15, 0.2) is 23.1 Å². The van der Waals surface area contributed by atoms with Crippen LogP contribution in [0.5, 0.6) is 0 Å². The minimum atomic E-state index is -3.55. The van der Waals surface area contributed by atoms with Crippen molar-refractivity contribution in [1.82, 2.24) is 9.71 Å². The third-order valence-electron chi connectivity index (χ3n) is 6.65. The Hall–Kier alpha value is -1.44. The van der Waals surface area contributed by atoms with Gasteiger partial charge in [-0.15, -0.1) is 0 Å². The molecule has 1 heterocycles. The molecule has 2 aliphatic rings. The average Bonchev–Trinajstić information content (AvgIpc) is 2.93. The van der Waals surface area contributed by atoms with E-state index in [4.69, 9.17) is 4.98 Å². The van der Waals surface area contributed by atoms with Gasteiger partial charge in [-0.1, -0.05) is 68.4 Å². The summed E-state index contributed by atoms with van der Waals surface area (Å²) in [6, 6.07) is 6.33. The van der Waals surface area contributed by atoms with Crippen molar-refractivity contribution < 1.29 is 8.42 Å². The number of benzene rings is 1. The third-order valence-corrected chi connectivity index (χ3v) is 9.45. The molecule has 2 aliphatic carbocycles. The van der Waals surface area contributed by atoms with Gasteiger partial charge in [0.2, 0.25) is 10.0 Å². The number of thiazole rings is 1. The van der Waals surface area contributed by atoms with Crippen LogP contribution in [0.3, 0.4) is 0 Å². The molecule has 0 spiro atoms. The Balaban J connectivity index is 1.56. The largest absolute Gasteiger partial charge is 0.359 e. The van der Waals surface area contributed by atoms with Crippen molar-refractivity contribution in [2.24, 2.45) is 0 Å². The van der Waals surface area contributed by atoms with Crippen molar-refractivity contribution in [1.29, 1.82) is 0 Å². The van der Waals surface area contributed by atoms with E-state index in [-0.39, 0.29) is 6.04 Å². The second-order valence-electron chi connectivity index (χ2n) is 9.20. The summed E-state index contributed by atoms with van der Waals surface area (Å²) in [6.07, 6.45) is 12.8. The van der Waals surface area contributed by atoms with Gasteiger partial charge >= 0.3 is 0 Å². The molecule has 2 N–H and O–H groups in total. The van der Waals surface area contributed by atoms with Gasteiger partial charge in [0.15, 0.2) is 5.13 Å². The summed E-state index contributed by atoms with van der Waals surface area (Å²) in [6.45, 7) is 3.89. The number of hydrogen-bond donors (Lipinski definition) is 2. The summed E-state index contributed by atoms with van der Waals surface area (Å²) in [5, 5.41) is 4.55. The molecule has 4 rings (SSSR count). The van der Waals surface area contributed by atoms with Crippen LogP contribution in [-0.2, 0) is 10.0 Å². The topological polar surface area (TPSA) is 71.1 Å². The molecular weight excluding hydrogens is 426 g/mol. The fourth-order valence-electron chi connectivity index (χ4n) is 4.86. The van der Waals surface area contributed by atoms with Gasteiger partial charge in [0.1, 0.15) is 0 Å². The number of nitrogens with zero attached hydrogens (tertiary/aromatic N) is 1. The van der Waals surface area contributed by atoms with E-state index in [0.717, 1.165) is 52.5 Å². The van der Waals surface area contributed by atoms with Crippen LogP contribution in [0.25, 0.3) is 10.4 Å². The summed E-state index contributed by atoms with van der Waals surface area (Å²) in [5.41, 5.74) is 2.67. The van der Waals surface area contributed by atoms with Crippen molar-refractivity contribution in [2.45, 2.75) is 101 Å². The lowest BCUT2D eigenvalue weighted by Crippen LogP contribution is -2.34. The monoisotopic (exact) mass is 461 g/mol. The smallest absolute Gasteiger partial charge is 0.241 e. The van der Waals surface area contributed by atoms with Gasteiger partial charge in [0.25, 0.3) is 0 Å². The molecule has 0 radical (unpaired) electrons. The first-order chi connectivity index (χ1) is 14.9. The van der Waals surface area contributed by atoms with Gasteiger partial charge < -0.3 is 5.32 Å². The molecular formula is C24H35N3O2S2. The summed E-state index contributed by atoms with van der Waals surface area (Å²) in [7, 11) is -3.55. The zero-order valence-corrected chi connectivity index (χ0v) is 20.4. The number of aryl methyl sites for hydroxylation is 2. The maximum atomic E-state index is 13.2. The van der Waals surface area contributed by atoms with E-state index in [1.165, 1.54) is 44.9 Å². The average molecular weight is 462 g/mol. The van der Waals surface area contributed by atoms with Crippen LogP contribution in [0.4, 0.5) is 5.13 Å². The predicted molar refractivity (Wildman–Crippen MR) is 129 cm³/mol. The number of rotatable bonds is 6. The normalized spacial score (nSPS) is 19.3. The molecule has 1 aromatic heterocycles. The molecule has 0 atom stereocenters. The Morgan fingerprint density at radius 3 is 2.19 bits per heavy atom. The maximum Gasteiger partial charge on any atom is 0.241 e. The maximum absolute atomic E-state index is 13.2. The molecule has 0 unspecified atom stereocenters. The lowest BCUT2D eigenvalue weighted by molar-refractivity contribution is 0.462.